The largest absolute Gasteiger partial charge is 0.392 e. The Hall–Kier alpha value is -2.50. The van der Waals surface area contributed by atoms with Crippen molar-refractivity contribution in [2.45, 2.75) is 52.1 Å². The molecule has 3 rings (SSSR count). The summed E-state index contributed by atoms with van der Waals surface area (Å²) in [5.74, 6) is 0. The molecule has 0 amide bonds. The predicted octanol–water partition coefficient (Wildman–Crippen LogP) is 6.17. The van der Waals surface area contributed by atoms with Crippen molar-refractivity contribution in [1.82, 2.24) is 0 Å². The highest BCUT2D eigenvalue weighted by molar-refractivity contribution is 5.15. The van der Waals surface area contributed by atoms with Gasteiger partial charge in [-0.1, -0.05) is 111 Å². The van der Waals surface area contributed by atoms with Crippen LogP contribution in [0.1, 0.15) is 42.9 Å². The molecule has 3 aromatic carbocycles. The van der Waals surface area contributed by atoms with Gasteiger partial charge in [-0.25, -0.2) is 0 Å². The zero-order chi connectivity index (χ0) is 23.9. The summed E-state index contributed by atoms with van der Waals surface area (Å²) in [6.07, 6.45) is 2.07. The number of rotatable bonds is 16. The molecule has 1 N–H and O–H groups in total. The van der Waals surface area contributed by atoms with Crippen molar-refractivity contribution < 1.29 is 19.3 Å². The van der Waals surface area contributed by atoms with E-state index in [-0.39, 0.29) is 0 Å². The van der Waals surface area contributed by atoms with Gasteiger partial charge in [-0.05, 0) is 23.1 Å². The second kappa shape index (κ2) is 14.7. The van der Waals surface area contributed by atoms with Crippen LogP contribution >= 0.6 is 0 Å². The first kappa shape index (κ1) is 26.1. The third kappa shape index (κ3) is 8.69. The first-order chi connectivity index (χ1) is 16.7. The lowest BCUT2D eigenvalue weighted by molar-refractivity contribution is -0.137. The van der Waals surface area contributed by atoms with Crippen LogP contribution in [0.3, 0.4) is 0 Å². The smallest absolute Gasteiger partial charge is 0.0717 e. The maximum atomic E-state index is 11.3. The third-order valence-electron chi connectivity index (χ3n) is 6.04. The van der Waals surface area contributed by atoms with Crippen molar-refractivity contribution in [2.75, 3.05) is 19.8 Å². The number of aliphatic hydroxyl groups is 1. The summed E-state index contributed by atoms with van der Waals surface area (Å²) in [5.41, 5.74) is 2.66. The lowest BCUT2D eigenvalue weighted by Crippen LogP contribution is -2.47. The van der Waals surface area contributed by atoms with Gasteiger partial charge in [0.05, 0.1) is 51.2 Å². The highest BCUT2D eigenvalue weighted by Gasteiger charge is 2.39. The Balaban J connectivity index is 1.70. The first-order valence-corrected chi connectivity index (χ1v) is 12.2. The van der Waals surface area contributed by atoms with E-state index in [9.17, 15) is 5.11 Å². The molecule has 0 aromatic heterocycles. The minimum atomic E-state index is -0.659. The van der Waals surface area contributed by atoms with E-state index in [4.69, 9.17) is 14.2 Å². The van der Waals surface area contributed by atoms with Crippen molar-refractivity contribution in [3.63, 3.8) is 0 Å². The lowest BCUT2D eigenvalue weighted by atomic mass is 9.81. The third-order valence-corrected chi connectivity index (χ3v) is 6.04. The molecule has 4 heteroatoms. The molecule has 1 atom stereocenters. The van der Waals surface area contributed by atoms with Crippen LogP contribution in [0.5, 0.6) is 0 Å². The van der Waals surface area contributed by atoms with E-state index < -0.39 is 11.5 Å². The standard InChI is InChI=1S/C30H38O4/c1-2-3-19-29(31)30(23-32-20-26-13-7-4-8-14-26,24-33-21-27-15-9-5-10-16-27)25-34-22-28-17-11-6-12-18-28/h4-18,29,31H,2-3,19-25H2,1H3. The Kier molecular flexibility index (Phi) is 11.3. The van der Waals surface area contributed by atoms with Gasteiger partial charge in [0.1, 0.15) is 0 Å². The second-order valence-corrected chi connectivity index (χ2v) is 8.96. The molecule has 0 heterocycles. The fourth-order valence-corrected chi connectivity index (χ4v) is 3.96. The lowest BCUT2D eigenvalue weighted by Gasteiger charge is -2.37. The summed E-state index contributed by atoms with van der Waals surface area (Å²) >= 11 is 0. The van der Waals surface area contributed by atoms with Crippen LogP contribution in [0.2, 0.25) is 0 Å². The van der Waals surface area contributed by atoms with E-state index in [0.29, 0.717) is 46.1 Å². The number of unbranched alkanes of at least 4 members (excludes halogenated alkanes) is 1. The monoisotopic (exact) mass is 462 g/mol. The average molecular weight is 463 g/mol. The van der Waals surface area contributed by atoms with Gasteiger partial charge in [0.2, 0.25) is 0 Å². The van der Waals surface area contributed by atoms with E-state index in [0.717, 1.165) is 29.5 Å². The van der Waals surface area contributed by atoms with E-state index in [1.165, 1.54) is 0 Å². The maximum Gasteiger partial charge on any atom is 0.0717 e. The minimum Gasteiger partial charge on any atom is -0.392 e. The minimum absolute atomic E-state index is 0.357. The Morgan fingerprint density at radius 2 is 0.971 bits per heavy atom. The Morgan fingerprint density at radius 3 is 1.29 bits per heavy atom. The molecule has 182 valence electrons. The summed E-state index contributed by atoms with van der Waals surface area (Å²) in [6.45, 7) is 4.67. The van der Waals surface area contributed by atoms with Gasteiger partial charge in [0.15, 0.2) is 0 Å². The molecule has 0 aliphatic heterocycles. The van der Waals surface area contributed by atoms with Crippen molar-refractivity contribution in [1.29, 1.82) is 0 Å². The van der Waals surface area contributed by atoms with Crippen molar-refractivity contribution in [3.05, 3.63) is 108 Å². The van der Waals surface area contributed by atoms with Crippen LogP contribution in [0, 0.1) is 5.41 Å². The van der Waals surface area contributed by atoms with Gasteiger partial charge in [-0.2, -0.15) is 0 Å². The Bertz CT molecular complexity index is 788. The summed E-state index contributed by atoms with van der Waals surface area (Å²) in [6, 6.07) is 30.3. The molecule has 34 heavy (non-hydrogen) atoms. The van der Waals surface area contributed by atoms with Gasteiger partial charge in [0.25, 0.3) is 0 Å². The van der Waals surface area contributed by atoms with E-state index in [2.05, 4.69) is 6.92 Å². The van der Waals surface area contributed by atoms with Gasteiger partial charge in [0, 0.05) is 0 Å². The van der Waals surface area contributed by atoms with Crippen LogP contribution in [-0.4, -0.2) is 31.0 Å². The first-order valence-electron chi connectivity index (χ1n) is 12.2. The average Bonchev–Trinajstić information content (AvgIpc) is 2.89. The molecule has 0 radical (unpaired) electrons. The molecule has 0 bridgehead atoms. The predicted molar refractivity (Wildman–Crippen MR) is 136 cm³/mol. The van der Waals surface area contributed by atoms with E-state index in [1.807, 2.05) is 91.0 Å². The summed E-state index contributed by atoms with van der Waals surface area (Å²) in [7, 11) is 0. The molecule has 0 fully saturated rings. The maximum absolute atomic E-state index is 11.3. The molecule has 4 nitrogen and oxygen atoms in total. The summed E-state index contributed by atoms with van der Waals surface area (Å²) in [5, 5.41) is 11.3. The normalized spacial score (nSPS) is 12.5. The number of benzene rings is 3. The zero-order valence-corrected chi connectivity index (χ0v) is 20.3. The van der Waals surface area contributed by atoms with Crippen LogP contribution in [0.25, 0.3) is 0 Å². The molecular formula is C30H38O4. The number of hydrogen-bond acceptors (Lipinski definition) is 4. The molecule has 3 aromatic rings. The van der Waals surface area contributed by atoms with Gasteiger partial charge in [-0.3, -0.25) is 0 Å². The quantitative estimate of drug-likeness (QED) is 0.276. The van der Waals surface area contributed by atoms with Crippen molar-refractivity contribution in [3.8, 4) is 0 Å². The molecule has 0 aliphatic carbocycles. The number of hydrogen-bond donors (Lipinski definition) is 1. The molecule has 0 aliphatic rings. The fourth-order valence-electron chi connectivity index (χ4n) is 3.96. The van der Waals surface area contributed by atoms with Crippen LogP contribution in [0.4, 0.5) is 0 Å². The van der Waals surface area contributed by atoms with Crippen LogP contribution in [-0.2, 0) is 34.0 Å². The van der Waals surface area contributed by atoms with E-state index in [1.54, 1.807) is 0 Å². The highest BCUT2D eigenvalue weighted by atomic mass is 16.5. The Labute approximate surface area is 204 Å². The fraction of sp³-hybridized carbons (Fsp3) is 0.400. The van der Waals surface area contributed by atoms with Crippen LogP contribution in [0.15, 0.2) is 91.0 Å². The molecule has 0 saturated heterocycles. The zero-order valence-electron chi connectivity index (χ0n) is 20.3. The summed E-state index contributed by atoms with van der Waals surface area (Å²) in [4.78, 5) is 0. The number of ether oxygens (including phenoxy) is 3. The summed E-state index contributed by atoms with van der Waals surface area (Å²) < 4.78 is 18.5. The molecule has 1 unspecified atom stereocenters. The van der Waals surface area contributed by atoms with Crippen molar-refractivity contribution in [2.24, 2.45) is 5.41 Å². The second-order valence-electron chi connectivity index (χ2n) is 8.96. The molecule has 0 spiro atoms. The number of aliphatic hydroxyl groups excluding tert-OH is 1. The SMILES string of the molecule is CCCCC(O)C(COCc1ccccc1)(COCc1ccccc1)COCc1ccccc1. The van der Waals surface area contributed by atoms with Gasteiger partial charge in [-0.15, -0.1) is 0 Å². The van der Waals surface area contributed by atoms with Crippen molar-refractivity contribution >= 4 is 0 Å². The van der Waals surface area contributed by atoms with Gasteiger partial charge < -0.3 is 19.3 Å². The Morgan fingerprint density at radius 1 is 0.618 bits per heavy atom. The molecule has 0 saturated carbocycles. The van der Waals surface area contributed by atoms with E-state index >= 15 is 0 Å². The highest BCUT2D eigenvalue weighted by Crippen LogP contribution is 2.29. The molecular weight excluding hydrogens is 424 g/mol. The van der Waals surface area contributed by atoms with Crippen LogP contribution < -0.4 is 0 Å². The van der Waals surface area contributed by atoms with Gasteiger partial charge >= 0.3 is 0 Å². The topological polar surface area (TPSA) is 47.9 Å².